The lowest BCUT2D eigenvalue weighted by molar-refractivity contribution is -0.118. The Kier molecular flexibility index (Phi) is 8.60. The van der Waals surface area contributed by atoms with Gasteiger partial charge in [-0.3, -0.25) is 19.1 Å². The van der Waals surface area contributed by atoms with Crippen molar-refractivity contribution in [2.24, 2.45) is 0 Å². The number of para-hydroxylation sites is 1. The Labute approximate surface area is 210 Å². The number of carbonyl (C=O) groups is 1. The summed E-state index contributed by atoms with van der Waals surface area (Å²) in [4.78, 5) is 32.9. The number of fused-ring (bicyclic) bond motifs is 1. The molecule has 1 aromatic heterocycles. The smallest absolute Gasteiger partial charge is 0.262 e. The molecule has 0 radical (unpaired) electrons. The van der Waals surface area contributed by atoms with Gasteiger partial charge in [0.2, 0.25) is 5.91 Å². The predicted octanol–water partition coefficient (Wildman–Crippen LogP) is 4.03. The zero-order valence-corrected chi connectivity index (χ0v) is 20.9. The van der Waals surface area contributed by atoms with Crippen molar-refractivity contribution >= 4 is 28.6 Å². The maximum Gasteiger partial charge on any atom is 0.262 e. The van der Waals surface area contributed by atoms with Gasteiger partial charge >= 0.3 is 0 Å². The van der Waals surface area contributed by atoms with Gasteiger partial charge in [0.15, 0.2) is 5.16 Å². The summed E-state index contributed by atoms with van der Waals surface area (Å²) in [7, 11) is 1.66. The maximum atomic E-state index is 12.9. The maximum absolute atomic E-state index is 12.9. The van der Waals surface area contributed by atoms with E-state index in [1.807, 2.05) is 30.3 Å². The number of aromatic nitrogens is 2. The first-order valence-electron chi connectivity index (χ1n) is 12.0. The first-order valence-corrected chi connectivity index (χ1v) is 13.0. The average Bonchev–Trinajstić information content (AvgIpc) is 2.90. The molecule has 8 heteroatoms. The molecule has 1 aliphatic heterocycles. The summed E-state index contributed by atoms with van der Waals surface area (Å²) in [5, 5.41) is 4.19. The third-order valence-electron chi connectivity index (χ3n) is 6.30. The molecular weight excluding hydrogens is 460 g/mol. The molecule has 0 saturated carbocycles. The van der Waals surface area contributed by atoms with E-state index in [1.54, 1.807) is 23.8 Å². The van der Waals surface area contributed by atoms with Crippen LogP contribution < -0.4 is 15.6 Å². The Morgan fingerprint density at radius 1 is 1.17 bits per heavy atom. The number of methoxy groups -OCH3 is 1. The summed E-state index contributed by atoms with van der Waals surface area (Å²) in [6, 6.07) is 15.5. The zero-order valence-electron chi connectivity index (χ0n) is 20.1. The van der Waals surface area contributed by atoms with Crippen LogP contribution in [-0.2, 0) is 11.3 Å². The van der Waals surface area contributed by atoms with Crippen LogP contribution in [0.4, 0.5) is 0 Å². The number of likely N-dealkylation sites (tertiary alicyclic amines) is 1. The molecule has 1 saturated heterocycles. The summed E-state index contributed by atoms with van der Waals surface area (Å²) < 4.78 is 6.88. The van der Waals surface area contributed by atoms with Gasteiger partial charge in [-0.25, -0.2) is 4.98 Å². The van der Waals surface area contributed by atoms with Gasteiger partial charge in [0.25, 0.3) is 5.56 Å². The fourth-order valence-corrected chi connectivity index (χ4v) is 5.29. The standard InChI is InChI=1S/C27H32N4O3S/c1-3-15-31-26(33)22-9-5-6-10-23(22)29-27(31)35-19-25(32)28-18-24(30-16-7-4-8-17-30)20-11-13-21(34-2)14-12-20/h3,5-6,9-14,24H,1,4,7-8,15-19H2,2H3,(H,28,32). The third kappa shape index (κ3) is 6.13. The molecule has 2 heterocycles. The third-order valence-corrected chi connectivity index (χ3v) is 7.27. The first-order chi connectivity index (χ1) is 17.1. The number of nitrogens with one attached hydrogen (secondary N) is 1. The van der Waals surface area contributed by atoms with Gasteiger partial charge in [0, 0.05) is 13.1 Å². The lowest BCUT2D eigenvalue weighted by Crippen LogP contribution is -2.41. The largest absolute Gasteiger partial charge is 0.497 e. The Morgan fingerprint density at radius 3 is 2.63 bits per heavy atom. The van der Waals surface area contributed by atoms with Crippen LogP contribution in [0.5, 0.6) is 5.75 Å². The topological polar surface area (TPSA) is 76.5 Å². The van der Waals surface area contributed by atoms with E-state index >= 15 is 0 Å². The van der Waals surface area contributed by atoms with Gasteiger partial charge in [-0.2, -0.15) is 0 Å². The molecule has 1 fully saturated rings. The van der Waals surface area contributed by atoms with E-state index in [0.29, 0.717) is 29.1 Å². The van der Waals surface area contributed by atoms with E-state index in [0.717, 1.165) is 24.4 Å². The molecular formula is C27H32N4O3S. The molecule has 0 spiro atoms. The van der Waals surface area contributed by atoms with E-state index in [1.165, 1.54) is 31.0 Å². The van der Waals surface area contributed by atoms with E-state index in [4.69, 9.17) is 4.74 Å². The molecule has 184 valence electrons. The summed E-state index contributed by atoms with van der Waals surface area (Å²) in [6.07, 6.45) is 5.26. The highest BCUT2D eigenvalue weighted by Crippen LogP contribution is 2.26. The fraction of sp³-hybridized carbons (Fsp3) is 0.370. The van der Waals surface area contributed by atoms with Crippen molar-refractivity contribution in [3.63, 3.8) is 0 Å². The average molecular weight is 493 g/mol. The number of hydrogen-bond donors (Lipinski definition) is 1. The monoisotopic (exact) mass is 492 g/mol. The lowest BCUT2D eigenvalue weighted by Gasteiger charge is -2.35. The summed E-state index contributed by atoms with van der Waals surface area (Å²) in [6.45, 7) is 6.67. The number of nitrogens with zero attached hydrogens (tertiary/aromatic N) is 3. The van der Waals surface area contributed by atoms with Gasteiger partial charge < -0.3 is 10.1 Å². The lowest BCUT2D eigenvalue weighted by atomic mass is 10.0. The van der Waals surface area contributed by atoms with Gasteiger partial charge in [0.05, 0.1) is 29.8 Å². The first kappa shape index (κ1) is 25.0. The van der Waals surface area contributed by atoms with Crippen LogP contribution in [0.3, 0.4) is 0 Å². The van der Waals surface area contributed by atoms with E-state index in [-0.39, 0.29) is 23.3 Å². The molecule has 35 heavy (non-hydrogen) atoms. The Bertz CT molecular complexity index is 1220. The minimum atomic E-state index is -0.122. The molecule has 0 aliphatic carbocycles. The highest BCUT2D eigenvalue weighted by Gasteiger charge is 2.23. The van der Waals surface area contributed by atoms with Gasteiger partial charge in [-0.15, -0.1) is 6.58 Å². The second-order valence-corrected chi connectivity index (χ2v) is 9.54. The van der Waals surface area contributed by atoms with Crippen LogP contribution in [0, 0.1) is 0 Å². The highest BCUT2D eigenvalue weighted by molar-refractivity contribution is 7.99. The molecule has 3 aromatic rings. The Morgan fingerprint density at radius 2 is 1.91 bits per heavy atom. The molecule has 0 bridgehead atoms. The van der Waals surface area contributed by atoms with Crippen molar-refractivity contribution < 1.29 is 9.53 Å². The molecule has 1 atom stereocenters. The van der Waals surface area contributed by atoms with Crippen molar-refractivity contribution in [3.8, 4) is 5.75 Å². The molecule has 4 rings (SSSR count). The van der Waals surface area contributed by atoms with Crippen LogP contribution in [-0.4, -0.2) is 52.9 Å². The number of hydrogen-bond acceptors (Lipinski definition) is 6. The number of ether oxygens (including phenoxy) is 1. The Hall–Kier alpha value is -3.10. The summed E-state index contributed by atoms with van der Waals surface area (Å²) in [5.74, 6) is 0.912. The summed E-state index contributed by atoms with van der Waals surface area (Å²) >= 11 is 1.27. The van der Waals surface area contributed by atoms with E-state index < -0.39 is 0 Å². The van der Waals surface area contributed by atoms with Gasteiger partial charge in [0.1, 0.15) is 5.75 Å². The fourth-order valence-electron chi connectivity index (χ4n) is 4.45. The van der Waals surface area contributed by atoms with Crippen LogP contribution in [0.25, 0.3) is 10.9 Å². The number of rotatable bonds is 10. The van der Waals surface area contributed by atoms with Crippen LogP contribution in [0.15, 0.2) is 71.1 Å². The second kappa shape index (κ2) is 12.0. The quantitative estimate of drug-likeness (QED) is 0.262. The van der Waals surface area contributed by atoms with Gasteiger partial charge in [-0.1, -0.05) is 48.5 Å². The number of thioether (sulfide) groups is 1. The Balaban J connectivity index is 1.45. The van der Waals surface area contributed by atoms with Crippen molar-refractivity contribution in [2.45, 2.75) is 37.0 Å². The predicted molar refractivity (Wildman–Crippen MR) is 141 cm³/mol. The molecule has 2 aromatic carbocycles. The van der Waals surface area contributed by atoms with Crippen molar-refractivity contribution in [2.75, 3.05) is 32.5 Å². The van der Waals surface area contributed by atoms with Crippen molar-refractivity contribution in [3.05, 3.63) is 77.1 Å². The zero-order chi connectivity index (χ0) is 24.6. The molecule has 1 unspecified atom stereocenters. The number of benzene rings is 2. The van der Waals surface area contributed by atoms with E-state index in [2.05, 4.69) is 33.9 Å². The van der Waals surface area contributed by atoms with Crippen LogP contribution >= 0.6 is 11.8 Å². The highest BCUT2D eigenvalue weighted by atomic mass is 32.2. The molecule has 1 amide bonds. The minimum Gasteiger partial charge on any atom is -0.497 e. The van der Waals surface area contributed by atoms with Gasteiger partial charge in [-0.05, 0) is 55.8 Å². The van der Waals surface area contributed by atoms with Crippen molar-refractivity contribution in [1.29, 1.82) is 0 Å². The number of piperidine rings is 1. The number of allylic oxidation sites excluding steroid dienone is 1. The normalized spacial score (nSPS) is 15.0. The summed E-state index contributed by atoms with van der Waals surface area (Å²) in [5.41, 5.74) is 1.67. The minimum absolute atomic E-state index is 0.0851. The molecule has 1 aliphatic rings. The molecule has 7 nitrogen and oxygen atoms in total. The SMILES string of the molecule is C=CCn1c(SCC(=O)NCC(c2ccc(OC)cc2)N2CCCCC2)nc2ccccc2c1=O. The van der Waals surface area contributed by atoms with Crippen LogP contribution in [0.1, 0.15) is 30.9 Å². The van der Waals surface area contributed by atoms with E-state index in [9.17, 15) is 9.59 Å². The second-order valence-electron chi connectivity index (χ2n) is 8.59. The molecule has 1 N–H and O–H groups in total. The van der Waals surface area contributed by atoms with Crippen LogP contribution in [0.2, 0.25) is 0 Å². The number of amides is 1. The number of carbonyl (C=O) groups excluding carboxylic acids is 1. The van der Waals surface area contributed by atoms with Crippen molar-refractivity contribution in [1.82, 2.24) is 19.8 Å².